The van der Waals surface area contributed by atoms with Gasteiger partial charge in [0.2, 0.25) is 0 Å². The van der Waals surface area contributed by atoms with Gasteiger partial charge in [-0.25, -0.2) is 4.79 Å². The van der Waals surface area contributed by atoms with E-state index in [4.69, 9.17) is 11.6 Å². The Labute approximate surface area is 45.1 Å². The van der Waals surface area contributed by atoms with Crippen molar-refractivity contribution in [3.63, 3.8) is 0 Å². The number of halogens is 1. The molecule has 0 amide bonds. The zero-order valence-electron chi connectivity index (χ0n) is 3.39. The molecule has 1 heterocycles. The molecule has 1 saturated heterocycles. The zero-order chi connectivity index (χ0) is 5.28. The molecular formula is C3H3ClO3. The number of alkyl halides is 1. The Kier molecular flexibility index (Phi) is 1.17. The third-order valence-electron chi connectivity index (χ3n) is 0.611. The predicted molar refractivity (Wildman–Crippen MR) is 21.7 cm³/mol. The van der Waals surface area contributed by atoms with Crippen molar-refractivity contribution in [2.24, 2.45) is 0 Å². The number of carbonyl (C=O) groups is 1. The molecule has 0 aliphatic carbocycles. The molecule has 3 nitrogen and oxygen atoms in total. The Hall–Kier alpha value is -0.280. The van der Waals surface area contributed by atoms with Crippen LogP contribution in [-0.2, 0) is 14.6 Å². The van der Waals surface area contributed by atoms with Crippen LogP contribution in [0, 0.1) is 0 Å². The fourth-order valence-electron chi connectivity index (χ4n) is 0.272. The van der Waals surface area contributed by atoms with Gasteiger partial charge in [-0.3, -0.25) is 4.89 Å². The van der Waals surface area contributed by atoms with Gasteiger partial charge in [-0.1, -0.05) is 0 Å². The molecule has 1 fully saturated rings. The van der Waals surface area contributed by atoms with Crippen molar-refractivity contribution in [2.45, 2.75) is 5.38 Å². The molecule has 40 valence electrons. The van der Waals surface area contributed by atoms with E-state index >= 15 is 0 Å². The number of hydrogen-bond acceptors (Lipinski definition) is 3. The molecule has 0 N–H and O–H groups in total. The van der Waals surface area contributed by atoms with Crippen LogP contribution in [0.2, 0.25) is 0 Å². The van der Waals surface area contributed by atoms with Crippen LogP contribution in [0.4, 0.5) is 0 Å². The maximum Gasteiger partial charge on any atom is 0.362 e. The standard InChI is InChI=1S/C3H3ClO3/c4-2-1-6-7-3(2)5/h2H,1H2. The first-order chi connectivity index (χ1) is 3.30. The average Bonchev–Trinajstić information content (AvgIpc) is 1.91. The number of rotatable bonds is 0. The smallest absolute Gasteiger partial charge is 0.296 e. The van der Waals surface area contributed by atoms with E-state index in [1.165, 1.54) is 0 Å². The lowest BCUT2D eigenvalue weighted by Gasteiger charge is -1.81. The molecule has 1 aliphatic heterocycles. The lowest BCUT2D eigenvalue weighted by Crippen LogP contribution is -2.07. The maximum atomic E-state index is 10.1. The van der Waals surface area contributed by atoms with Crippen molar-refractivity contribution in [1.82, 2.24) is 0 Å². The first-order valence-corrected chi connectivity index (χ1v) is 2.22. The van der Waals surface area contributed by atoms with E-state index in [2.05, 4.69) is 9.78 Å². The van der Waals surface area contributed by atoms with E-state index in [0.29, 0.717) is 0 Å². The molecule has 1 aliphatic rings. The highest BCUT2D eigenvalue weighted by molar-refractivity contribution is 6.30. The predicted octanol–water partition coefficient (Wildman–Crippen LogP) is 0.0822. The lowest BCUT2D eigenvalue weighted by molar-refractivity contribution is -0.240. The summed E-state index contributed by atoms with van der Waals surface area (Å²) in [5.41, 5.74) is 0. The second-order valence-electron chi connectivity index (χ2n) is 1.15. The van der Waals surface area contributed by atoms with E-state index in [1.54, 1.807) is 0 Å². The van der Waals surface area contributed by atoms with Crippen LogP contribution in [0.15, 0.2) is 0 Å². The summed E-state index contributed by atoms with van der Waals surface area (Å²) in [6.45, 7) is 0.167. The molecule has 1 atom stereocenters. The highest BCUT2D eigenvalue weighted by Crippen LogP contribution is 2.06. The molecule has 0 aromatic heterocycles. The van der Waals surface area contributed by atoms with Gasteiger partial charge in [0.1, 0.15) is 6.61 Å². The van der Waals surface area contributed by atoms with Gasteiger partial charge in [-0.15, -0.1) is 11.6 Å². The fourth-order valence-corrected chi connectivity index (χ4v) is 0.360. The van der Waals surface area contributed by atoms with Crippen molar-refractivity contribution in [1.29, 1.82) is 0 Å². The van der Waals surface area contributed by atoms with Crippen LogP contribution in [-0.4, -0.2) is 18.0 Å². The third-order valence-corrected chi connectivity index (χ3v) is 0.915. The van der Waals surface area contributed by atoms with Crippen molar-refractivity contribution in [2.75, 3.05) is 6.61 Å². The van der Waals surface area contributed by atoms with Gasteiger partial charge in [0.25, 0.3) is 0 Å². The lowest BCUT2D eigenvalue weighted by atomic mass is 10.5. The largest absolute Gasteiger partial charge is 0.362 e. The Morgan fingerprint density at radius 3 is 2.71 bits per heavy atom. The summed E-state index contributed by atoms with van der Waals surface area (Å²) < 4.78 is 0. The molecule has 7 heavy (non-hydrogen) atoms. The molecule has 1 rings (SSSR count). The highest BCUT2D eigenvalue weighted by atomic mass is 35.5. The molecular weight excluding hydrogens is 119 g/mol. The maximum absolute atomic E-state index is 10.1. The van der Waals surface area contributed by atoms with Crippen LogP contribution in [0.3, 0.4) is 0 Å². The molecule has 0 spiro atoms. The summed E-state index contributed by atoms with van der Waals surface area (Å²) in [7, 11) is 0. The second-order valence-corrected chi connectivity index (χ2v) is 1.68. The number of hydrogen-bond donors (Lipinski definition) is 0. The van der Waals surface area contributed by atoms with Crippen LogP contribution in [0.5, 0.6) is 0 Å². The Bertz CT molecular complexity index is 92.2. The van der Waals surface area contributed by atoms with Gasteiger partial charge in [-0.05, 0) is 0 Å². The van der Waals surface area contributed by atoms with Crippen LogP contribution in [0.1, 0.15) is 0 Å². The first-order valence-electron chi connectivity index (χ1n) is 1.78. The van der Waals surface area contributed by atoms with Crippen molar-refractivity contribution in [3.05, 3.63) is 0 Å². The van der Waals surface area contributed by atoms with Gasteiger partial charge in [0.15, 0.2) is 5.38 Å². The van der Waals surface area contributed by atoms with Gasteiger partial charge < -0.3 is 0 Å². The summed E-state index contributed by atoms with van der Waals surface area (Å²) in [4.78, 5) is 18.3. The third kappa shape index (κ3) is 0.838. The Balaban J connectivity index is 2.48. The van der Waals surface area contributed by atoms with E-state index in [1.807, 2.05) is 0 Å². The van der Waals surface area contributed by atoms with Crippen molar-refractivity contribution >= 4 is 17.6 Å². The minimum absolute atomic E-state index is 0.167. The minimum Gasteiger partial charge on any atom is -0.296 e. The van der Waals surface area contributed by atoms with E-state index in [-0.39, 0.29) is 6.61 Å². The van der Waals surface area contributed by atoms with Crippen LogP contribution < -0.4 is 0 Å². The average molecular weight is 123 g/mol. The molecule has 1 unspecified atom stereocenters. The van der Waals surface area contributed by atoms with Crippen molar-refractivity contribution in [3.8, 4) is 0 Å². The van der Waals surface area contributed by atoms with Crippen LogP contribution >= 0.6 is 11.6 Å². The molecule has 4 heteroatoms. The van der Waals surface area contributed by atoms with Crippen LogP contribution in [0.25, 0.3) is 0 Å². The fraction of sp³-hybridized carbons (Fsp3) is 0.667. The molecule has 0 bridgehead atoms. The molecule has 0 aromatic rings. The summed E-state index contributed by atoms with van der Waals surface area (Å²) in [5.74, 6) is -0.498. The summed E-state index contributed by atoms with van der Waals surface area (Å²) in [6.07, 6.45) is 0. The quantitative estimate of drug-likeness (QED) is 0.337. The molecule has 0 saturated carbocycles. The zero-order valence-corrected chi connectivity index (χ0v) is 4.14. The second kappa shape index (κ2) is 1.68. The summed E-state index contributed by atoms with van der Waals surface area (Å²) in [6, 6.07) is 0. The number of carbonyl (C=O) groups excluding carboxylic acids is 1. The highest BCUT2D eigenvalue weighted by Gasteiger charge is 2.25. The Morgan fingerprint density at radius 2 is 2.57 bits per heavy atom. The monoisotopic (exact) mass is 122 g/mol. The topological polar surface area (TPSA) is 35.5 Å². The van der Waals surface area contributed by atoms with Gasteiger partial charge in [0, 0.05) is 0 Å². The SMILES string of the molecule is O=C1OOCC1Cl. The van der Waals surface area contributed by atoms with E-state index in [9.17, 15) is 4.79 Å². The van der Waals surface area contributed by atoms with E-state index < -0.39 is 11.3 Å². The van der Waals surface area contributed by atoms with Gasteiger partial charge in [0.05, 0.1) is 0 Å². The molecule has 0 aromatic carbocycles. The first kappa shape index (κ1) is 4.87. The van der Waals surface area contributed by atoms with E-state index in [0.717, 1.165) is 0 Å². The minimum atomic E-state index is -0.597. The summed E-state index contributed by atoms with van der Waals surface area (Å²) >= 11 is 5.26. The Morgan fingerprint density at radius 1 is 1.86 bits per heavy atom. The normalized spacial score (nSPS) is 30.4. The summed E-state index contributed by atoms with van der Waals surface area (Å²) in [5, 5.41) is -0.597. The molecule has 0 radical (unpaired) electrons. The van der Waals surface area contributed by atoms with Gasteiger partial charge >= 0.3 is 5.97 Å². The van der Waals surface area contributed by atoms with Crippen molar-refractivity contribution < 1.29 is 14.6 Å². The van der Waals surface area contributed by atoms with Gasteiger partial charge in [-0.2, -0.15) is 4.89 Å².